The summed E-state index contributed by atoms with van der Waals surface area (Å²) < 4.78 is 0.858. The van der Waals surface area contributed by atoms with E-state index in [0.29, 0.717) is 24.0 Å². The van der Waals surface area contributed by atoms with E-state index in [1.54, 1.807) is 6.92 Å². The fourth-order valence-electron chi connectivity index (χ4n) is 2.60. The molecule has 2 aliphatic rings. The van der Waals surface area contributed by atoms with Gasteiger partial charge in [0, 0.05) is 11.3 Å². The van der Waals surface area contributed by atoms with Gasteiger partial charge in [0.25, 0.3) is 0 Å². The third-order valence-electron chi connectivity index (χ3n) is 4.52. The zero-order valence-electron chi connectivity index (χ0n) is 12.5. The largest absolute Gasteiger partial charge is 0.326 e. The van der Waals surface area contributed by atoms with E-state index in [4.69, 9.17) is 23.2 Å². The van der Waals surface area contributed by atoms with Crippen molar-refractivity contribution in [3.8, 4) is 11.4 Å². The molecule has 2 aromatic rings. The highest BCUT2D eigenvalue weighted by Gasteiger charge is 2.67. The van der Waals surface area contributed by atoms with Gasteiger partial charge in [0.15, 0.2) is 5.82 Å². The number of aromatic nitrogens is 4. The average molecular weight is 352 g/mol. The van der Waals surface area contributed by atoms with E-state index in [-0.39, 0.29) is 5.91 Å². The molecular weight excluding hydrogens is 337 g/mol. The average Bonchev–Trinajstić information content (AvgIpc) is 3.36. The smallest absolute Gasteiger partial charge is 0.233 e. The van der Waals surface area contributed by atoms with E-state index in [1.165, 1.54) is 0 Å². The fourth-order valence-corrected chi connectivity index (χ4v) is 3.31. The Kier molecular flexibility index (Phi) is 3.19. The zero-order chi connectivity index (χ0) is 16.2. The van der Waals surface area contributed by atoms with Crippen LogP contribution in [0, 0.1) is 5.41 Å². The van der Waals surface area contributed by atoms with Gasteiger partial charge in [-0.3, -0.25) is 4.79 Å². The molecular formula is C15H15Cl2N5O. The van der Waals surface area contributed by atoms with Gasteiger partial charge in [-0.05, 0) is 48.7 Å². The van der Waals surface area contributed by atoms with Crippen LogP contribution >= 0.6 is 23.2 Å². The summed E-state index contributed by atoms with van der Waals surface area (Å²) in [6.07, 6.45) is 2.65. The Labute approximate surface area is 143 Å². The number of halogens is 2. The molecule has 2 saturated carbocycles. The molecule has 0 saturated heterocycles. The van der Waals surface area contributed by atoms with Crippen LogP contribution in [0.5, 0.6) is 0 Å². The quantitative estimate of drug-likeness (QED) is 0.858. The van der Waals surface area contributed by atoms with Crippen LogP contribution in [0.2, 0.25) is 0 Å². The van der Waals surface area contributed by atoms with Gasteiger partial charge in [0.1, 0.15) is 4.33 Å². The van der Waals surface area contributed by atoms with Crippen molar-refractivity contribution >= 4 is 34.8 Å². The number of alkyl halides is 2. The van der Waals surface area contributed by atoms with Crippen LogP contribution in [0.4, 0.5) is 5.69 Å². The number of hydrogen-bond acceptors (Lipinski definition) is 4. The Hall–Kier alpha value is -1.66. The van der Waals surface area contributed by atoms with Crippen LogP contribution in [0.3, 0.4) is 0 Å². The van der Waals surface area contributed by atoms with E-state index >= 15 is 0 Å². The van der Waals surface area contributed by atoms with Gasteiger partial charge in [-0.1, -0.05) is 12.1 Å². The van der Waals surface area contributed by atoms with Crippen molar-refractivity contribution in [3.63, 3.8) is 0 Å². The summed E-state index contributed by atoms with van der Waals surface area (Å²) in [6, 6.07) is 7.85. The minimum Gasteiger partial charge on any atom is -0.326 e. The first-order valence-electron chi connectivity index (χ1n) is 7.48. The molecule has 1 N–H and O–H groups in total. The minimum absolute atomic E-state index is 0.179. The molecule has 1 amide bonds. The fraction of sp³-hybridized carbons (Fsp3) is 0.467. The third kappa shape index (κ3) is 2.50. The molecule has 1 heterocycles. The lowest BCUT2D eigenvalue weighted by atomic mass is 10.1. The van der Waals surface area contributed by atoms with Crippen molar-refractivity contribution in [2.75, 3.05) is 5.32 Å². The zero-order valence-corrected chi connectivity index (χ0v) is 14.0. The second-order valence-electron chi connectivity index (χ2n) is 6.43. The van der Waals surface area contributed by atoms with Gasteiger partial charge in [-0.15, -0.1) is 28.3 Å². The summed E-state index contributed by atoms with van der Waals surface area (Å²) in [5.74, 6) is 0.534. The van der Waals surface area contributed by atoms with Crippen LogP contribution < -0.4 is 5.32 Å². The maximum Gasteiger partial charge on any atom is 0.233 e. The maximum absolute atomic E-state index is 12.4. The second kappa shape index (κ2) is 4.92. The van der Waals surface area contributed by atoms with Crippen molar-refractivity contribution in [1.82, 2.24) is 20.2 Å². The second-order valence-corrected chi connectivity index (χ2v) is 7.91. The SMILES string of the molecule is CC1(C(=O)Nc2cccc(-c3nnnn3C3CC3)c2)CC1(Cl)Cl. The third-order valence-corrected chi connectivity index (χ3v) is 5.62. The molecule has 1 aromatic heterocycles. The van der Waals surface area contributed by atoms with Gasteiger partial charge in [0.2, 0.25) is 5.91 Å². The van der Waals surface area contributed by atoms with Crippen molar-refractivity contribution in [3.05, 3.63) is 24.3 Å². The number of hydrogen-bond donors (Lipinski definition) is 1. The molecule has 0 radical (unpaired) electrons. The molecule has 1 aromatic carbocycles. The van der Waals surface area contributed by atoms with Crippen molar-refractivity contribution < 1.29 is 4.79 Å². The Balaban J connectivity index is 1.57. The number of nitrogens with zero attached hydrogens (tertiary/aromatic N) is 4. The number of nitrogens with one attached hydrogen (secondary N) is 1. The molecule has 1 atom stereocenters. The monoisotopic (exact) mass is 351 g/mol. The van der Waals surface area contributed by atoms with Crippen LogP contribution in [-0.4, -0.2) is 30.4 Å². The van der Waals surface area contributed by atoms with Gasteiger partial charge in [-0.2, -0.15) is 0 Å². The summed E-state index contributed by atoms with van der Waals surface area (Å²) in [5.41, 5.74) is 0.792. The molecule has 2 fully saturated rings. The lowest BCUT2D eigenvalue weighted by Gasteiger charge is -2.13. The number of rotatable bonds is 4. The van der Waals surface area contributed by atoms with Crippen LogP contribution in [0.15, 0.2) is 24.3 Å². The van der Waals surface area contributed by atoms with Gasteiger partial charge in [0.05, 0.1) is 11.5 Å². The first-order chi connectivity index (χ1) is 10.9. The van der Waals surface area contributed by atoms with Gasteiger partial charge >= 0.3 is 0 Å². The van der Waals surface area contributed by atoms with Gasteiger partial charge < -0.3 is 5.32 Å². The number of amides is 1. The molecule has 23 heavy (non-hydrogen) atoms. The predicted octanol–water partition coefficient (Wildman–Crippen LogP) is 3.20. The normalized spacial score (nSPS) is 25.2. The molecule has 0 spiro atoms. The first-order valence-corrected chi connectivity index (χ1v) is 8.24. The Morgan fingerprint density at radius 1 is 1.39 bits per heavy atom. The van der Waals surface area contributed by atoms with E-state index < -0.39 is 9.75 Å². The standard InChI is InChI=1S/C15H15Cl2N5O/c1-14(8-15(14,16)17)13(23)18-10-4-2-3-9(7-10)12-19-20-21-22(12)11-5-6-11/h2-4,7,11H,5-6,8H2,1H3,(H,18,23). The number of anilines is 1. The molecule has 0 aliphatic heterocycles. The summed E-state index contributed by atoms with van der Waals surface area (Å²) in [4.78, 5) is 12.4. The summed E-state index contributed by atoms with van der Waals surface area (Å²) in [7, 11) is 0. The molecule has 4 rings (SSSR count). The maximum atomic E-state index is 12.4. The number of carbonyl (C=O) groups excluding carboxylic acids is 1. The molecule has 120 valence electrons. The van der Waals surface area contributed by atoms with Crippen LogP contribution in [-0.2, 0) is 4.79 Å². The highest BCUT2D eigenvalue weighted by Crippen LogP contribution is 2.64. The molecule has 6 nitrogen and oxygen atoms in total. The number of benzene rings is 1. The van der Waals surface area contributed by atoms with Crippen molar-refractivity contribution in [2.24, 2.45) is 5.41 Å². The van der Waals surface area contributed by atoms with E-state index in [2.05, 4.69) is 20.8 Å². The minimum atomic E-state index is -0.981. The molecule has 0 bridgehead atoms. The predicted molar refractivity (Wildman–Crippen MR) is 87.3 cm³/mol. The Morgan fingerprint density at radius 3 is 2.78 bits per heavy atom. The van der Waals surface area contributed by atoms with E-state index in [9.17, 15) is 4.79 Å². The summed E-state index contributed by atoms with van der Waals surface area (Å²) in [5, 5.41) is 14.8. The Morgan fingerprint density at radius 2 is 2.13 bits per heavy atom. The lowest BCUT2D eigenvalue weighted by Crippen LogP contribution is -2.25. The Bertz CT molecular complexity index is 786. The summed E-state index contributed by atoms with van der Waals surface area (Å²) >= 11 is 12.1. The lowest BCUT2D eigenvalue weighted by molar-refractivity contribution is -0.120. The highest BCUT2D eigenvalue weighted by molar-refractivity contribution is 6.53. The van der Waals surface area contributed by atoms with E-state index in [0.717, 1.165) is 18.4 Å². The molecule has 1 unspecified atom stereocenters. The number of tetrazole rings is 1. The molecule has 2 aliphatic carbocycles. The first kappa shape index (κ1) is 14.9. The topological polar surface area (TPSA) is 72.7 Å². The van der Waals surface area contributed by atoms with Crippen LogP contribution in [0.25, 0.3) is 11.4 Å². The molecule has 8 heteroatoms. The summed E-state index contributed by atoms with van der Waals surface area (Å²) in [6.45, 7) is 1.76. The highest BCUT2D eigenvalue weighted by atomic mass is 35.5. The van der Waals surface area contributed by atoms with Crippen LogP contribution in [0.1, 0.15) is 32.2 Å². The van der Waals surface area contributed by atoms with Gasteiger partial charge in [-0.25, -0.2) is 4.68 Å². The van der Waals surface area contributed by atoms with Crippen molar-refractivity contribution in [1.29, 1.82) is 0 Å². The van der Waals surface area contributed by atoms with E-state index in [1.807, 2.05) is 28.9 Å². The number of carbonyl (C=O) groups is 1. The van der Waals surface area contributed by atoms with Crippen molar-refractivity contribution in [2.45, 2.75) is 36.6 Å².